The smallest absolute Gasteiger partial charge is 0.271 e. The second kappa shape index (κ2) is 7.10. The number of halogens is 2. The number of furan rings is 1. The molecule has 122 valence electrons. The summed E-state index contributed by atoms with van der Waals surface area (Å²) < 4.78 is 18.2. The Balaban J connectivity index is 1.62. The summed E-state index contributed by atoms with van der Waals surface area (Å²) in [4.78, 5) is 20.1. The van der Waals surface area contributed by atoms with Crippen molar-refractivity contribution in [1.29, 1.82) is 0 Å². The minimum absolute atomic E-state index is 0.00174. The molecular weight excluding hydrogens is 335 g/mol. The summed E-state index contributed by atoms with van der Waals surface area (Å²) in [5.41, 5.74) is 0.731. The molecular formula is C16H12ClFN4O2. The molecule has 0 atom stereocenters. The Hall–Kier alpha value is -2.93. The largest absolute Gasteiger partial charge is 0.467 e. The average molecular weight is 347 g/mol. The first-order valence-corrected chi connectivity index (χ1v) is 7.34. The van der Waals surface area contributed by atoms with Gasteiger partial charge in [0.2, 0.25) is 0 Å². The molecule has 3 aromatic rings. The van der Waals surface area contributed by atoms with Crippen molar-refractivity contribution >= 4 is 29.0 Å². The first-order chi connectivity index (χ1) is 11.6. The number of nitrogens with one attached hydrogen (secondary N) is 2. The van der Waals surface area contributed by atoms with E-state index in [9.17, 15) is 9.18 Å². The van der Waals surface area contributed by atoms with Gasteiger partial charge in [-0.05, 0) is 30.3 Å². The minimum atomic E-state index is -0.503. The summed E-state index contributed by atoms with van der Waals surface area (Å²) in [5, 5.41) is 5.59. The summed E-state index contributed by atoms with van der Waals surface area (Å²) in [7, 11) is 0. The quantitative estimate of drug-likeness (QED) is 0.738. The van der Waals surface area contributed by atoms with Gasteiger partial charge in [-0.15, -0.1) is 0 Å². The Morgan fingerprint density at radius 3 is 2.79 bits per heavy atom. The van der Waals surface area contributed by atoms with Crippen molar-refractivity contribution in [3.8, 4) is 0 Å². The molecule has 3 rings (SSSR count). The number of hydrogen-bond donors (Lipinski definition) is 2. The predicted molar refractivity (Wildman–Crippen MR) is 86.6 cm³/mol. The van der Waals surface area contributed by atoms with E-state index >= 15 is 0 Å². The molecule has 0 aliphatic carbocycles. The molecule has 2 aromatic heterocycles. The Bertz CT molecular complexity index is 838. The SMILES string of the molecule is O=C(NCc1ccco1)c1cnc(Nc2ccc(F)c(Cl)c2)cn1. The van der Waals surface area contributed by atoms with Gasteiger partial charge in [-0.1, -0.05) is 11.6 Å². The number of aromatic nitrogens is 2. The maximum atomic E-state index is 13.1. The topological polar surface area (TPSA) is 80.0 Å². The standard InChI is InChI=1S/C16H12ClFN4O2/c17-12-6-10(3-4-13(12)18)22-15-9-19-14(8-20-15)16(23)21-7-11-2-1-5-24-11/h1-6,8-9H,7H2,(H,20,22)(H,21,23). The first-order valence-electron chi connectivity index (χ1n) is 6.96. The van der Waals surface area contributed by atoms with Crippen LogP contribution in [0.4, 0.5) is 15.9 Å². The van der Waals surface area contributed by atoms with Crippen molar-refractivity contribution in [2.75, 3.05) is 5.32 Å². The van der Waals surface area contributed by atoms with Gasteiger partial charge < -0.3 is 15.1 Å². The van der Waals surface area contributed by atoms with Crippen molar-refractivity contribution in [1.82, 2.24) is 15.3 Å². The molecule has 1 aromatic carbocycles. The van der Waals surface area contributed by atoms with Crippen molar-refractivity contribution in [3.05, 3.63) is 71.3 Å². The molecule has 0 unspecified atom stereocenters. The first kappa shape index (κ1) is 15.9. The predicted octanol–water partition coefficient (Wildman–Crippen LogP) is 3.54. The van der Waals surface area contributed by atoms with Crippen LogP contribution in [0.3, 0.4) is 0 Å². The zero-order chi connectivity index (χ0) is 16.9. The van der Waals surface area contributed by atoms with Crippen LogP contribution in [0, 0.1) is 5.82 Å². The fraction of sp³-hybridized carbons (Fsp3) is 0.0625. The second-order valence-electron chi connectivity index (χ2n) is 4.80. The van der Waals surface area contributed by atoms with Crippen LogP contribution >= 0.6 is 11.6 Å². The van der Waals surface area contributed by atoms with Gasteiger partial charge in [-0.2, -0.15) is 0 Å². The molecule has 1 amide bonds. The minimum Gasteiger partial charge on any atom is -0.467 e. The summed E-state index contributed by atoms with van der Waals surface area (Å²) in [6, 6.07) is 7.69. The maximum Gasteiger partial charge on any atom is 0.271 e. The number of benzene rings is 1. The normalized spacial score (nSPS) is 10.4. The van der Waals surface area contributed by atoms with Crippen LogP contribution in [-0.2, 0) is 6.54 Å². The van der Waals surface area contributed by atoms with Crippen LogP contribution in [0.1, 0.15) is 16.2 Å². The maximum absolute atomic E-state index is 13.1. The Morgan fingerprint density at radius 2 is 2.12 bits per heavy atom. The molecule has 8 heteroatoms. The van der Waals surface area contributed by atoms with E-state index in [4.69, 9.17) is 16.0 Å². The molecule has 2 heterocycles. The molecule has 0 radical (unpaired) electrons. The number of anilines is 2. The van der Waals surface area contributed by atoms with E-state index in [-0.39, 0.29) is 23.2 Å². The molecule has 24 heavy (non-hydrogen) atoms. The van der Waals surface area contributed by atoms with Gasteiger partial charge in [0.1, 0.15) is 23.1 Å². The lowest BCUT2D eigenvalue weighted by Gasteiger charge is -2.07. The van der Waals surface area contributed by atoms with Crippen molar-refractivity contribution in [2.45, 2.75) is 6.54 Å². The number of rotatable bonds is 5. The third-order valence-electron chi connectivity index (χ3n) is 3.08. The summed E-state index contributed by atoms with van der Waals surface area (Å²) >= 11 is 5.71. The van der Waals surface area contributed by atoms with Crippen LogP contribution < -0.4 is 10.6 Å². The third-order valence-corrected chi connectivity index (χ3v) is 3.37. The average Bonchev–Trinajstić information content (AvgIpc) is 3.10. The van der Waals surface area contributed by atoms with Crippen molar-refractivity contribution in [3.63, 3.8) is 0 Å². The van der Waals surface area contributed by atoms with Crippen molar-refractivity contribution < 1.29 is 13.6 Å². The zero-order valence-corrected chi connectivity index (χ0v) is 13.0. The molecule has 2 N–H and O–H groups in total. The van der Waals surface area contributed by atoms with Crippen LogP contribution in [-0.4, -0.2) is 15.9 Å². The monoisotopic (exact) mass is 346 g/mol. The Morgan fingerprint density at radius 1 is 1.25 bits per heavy atom. The molecule has 0 fully saturated rings. The number of amides is 1. The highest BCUT2D eigenvalue weighted by Gasteiger charge is 2.09. The fourth-order valence-electron chi connectivity index (χ4n) is 1.90. The molecule has 6 nitrogen and oxygen atoms in total. The van der Waals surface area contributed by atoms with Crippen LogP contribution in [0.5, 0.6) is 0 Å². The van der Waals surface area contributed by atoms with Crippen LogP contribution in [0.15, 0.2) is 53.4 Å². The lowest BCUT2D eigenvalue weighted by atomic mass is 10.3. The zero-order valence-electron chi connectivity index (χ0n) is 12.3. The van der Waals surface area contributed by atoms with E-state index in [0.717, 1.165) is 0 Å². The van der Waals surface area contributed by atoms with E-state index in [0.29, 0.717) is 17.3 Å². The van der Waals surface area contributed by atoms with Gasteiger partial charge in [0.25, 0.3) is 5.91 Å². The van der Waals surface area contributed by atoms with Gasteiger partial charge in [-0.3, -0.25) is 4.79 Å². The second-order valence-corrected chi connectivity index (χ2v) is 5.21. The number of carbonyl (C=O) groups excluding carboxylic acids is 1. The fourth-order valence-corrected chi connectivity index (χ4v) is 2.08. The highest BCUT2D eigenvalue weighted by molar-refractivity contribution is 6.31. The molecule has 0 aliphatic heterocycles. The number of carbonyl (C=O) groups is 1. The van der Waals surface area contributed by atoms with E-state index in [1.165, 1.54) is 36.9 Å². The van der Waals surface area contributed by atoms with Crippen molar-refractivity contribution in [2.24, 2.45) is 0 Å². The molecule has 0 saturated heterocycles. The van der Waals surface area contributed by atoms with E-state index in [1.54, 1.807) is 12.1 Å². The highest BCUT2D eigenvalue weighted by Crippen LogP contribution is 2.21. The number of nitrogens with zero attached hydrogens (tertiary/aromatic N) is 2. The van der Waals surface area contributed by atoms with Crippen LogP contribution in [0.2, 0.25) is 5.02 Å². The summed E-state index contributed by atoms with van der Waals surface area (Å²) in [6.45, 7) is 0.265. The van der Waals surface area contributed by atoms with Gasteiger partial charge in [0.05, 0.1) is 30.2 Å². The lowest BCUT2D eigenvalue weighted by Crippen LogP contribution is -2.23. The Kier molecular flexibility index (Phi) is 4.72. The molecule has 0 saturated carbocycles. The summed E-state index contributed by atoms with van der Waals surface area (Å²) in [5.74, 6) is 0.176. The van der Waals surface area contributed by atoms with E-state index in [1.807, 2.05) is 0 Å². The molecule has 0 bridgehead atoms. The molecule has 0 spiro atoms. The number of hydrogen-bond acceptors (Lipinski definition) is 5. The van der Waals surface area contributed by atoms with Gasteiger partial charge >= 0.3 is 0 Å². The highest BCUT2D eigenvalue weighted by atomic mass is 35.5. The van der Waals surface area contributed by atoms with Crippen LogP contribution in [0.25, 0.3) is 0 Å². The summed E-state index contributed by atoms with van der Waals surface area (Å²) in [6.07, 6.45) is 4.27. The van der Waals surface area contributed by atoms with E-state index < -0.39 is 5.82 Å². The Labute approximate surface area is 141 Å². The third kappa shape index (κ3) is 3.88. The van der Waals surface area contributed by atoms with Gasteiger partial charge in [0.15, 0.2) is 0 Å². The van der Waals surface area contributed by atoms with Gasteiger partial charge in [0, 0.05) is 5.69 Å². The van der Waals surface area contributed by atoms with E-state index in [2.05, 4.69) is 20.6 Å². The van der Waals surface area contributed by atoms with Gasteiger partial charge in [-0.25, -0.2) is 14.4 Å². The lowest BCUT2D eigenvalue weighted by molar-refractivity contribution is 0.0942. The molecule has 0 aliphatic rings.